The van der Waals surface area contributed by atoms with E-state index >= 15 is 0 Å². The lowest BCUT2D eigenvalue weighted by atomic mass is 9.87. The third-order valence-corrected chi connectivity index (χ3v) is 3.75. The van der Waals surface area contributed by atoms with Crippen molar-refractivity contribution in [2.24, 2.45) is 5.92 Å². The number of anilines is 1. The lowest BCUT2D eigenvalue weighted by Crippen LogP contribution is -2.23. The SMILES string of the molecule is O=C(O)c1cnc(NCC2CCC(O)CC2)c(Cl)c1. The van der Waals surface area contributed by atoms with Gasteiger partial charge in [-0.25, -0.2) is 9.78 Å². The normalized spacial score (nSPS) is 23.1. The molecule has 1 aromatic rings. The monoisotopic (exact) mass is 284 g/mol. The highest BCUT2D eigenvalue weighted by Gasteiger charge is 2.19. The first-order chi connectivity index (χ1) is 9.06. The fraction of sp³-hybridized carbons (Fsp3) is 0.538. The van der Waals surface area contributed by atoms with Gasteiger partial charge in [-0.1, -0.05) is 11.6 Å². The van der Waals surface area contributed by atoms with Crippen LogP contribution in [0.25, 0.3) is 0 Å². The van der Waals surface area contributed by atoms with Crippen molar-refractivity contribution in [3.8, 4) is 0 Å². The lowest BCUT2D eigenvalue weighted by molar-refractivity contribution is 0.0696. The van der Waals surface area contributed by atoms with Crippen LogP contribution in [-0.4, -0.2) is 33.8 Å². The second-order valence-corrected chi connectivity index (χ2v) is 5.32. The molecule has 5 nitrogen and oxygen atoms in total. The van der Waals surface area contributed by atoms with E-state index in [2.05, 4.69) is 10.3 Å². The molecule has 1 heterocycles. The molecule has 0 saturated heterocycles. The fourth-order valence-electron chi connectivity index (χ4n) is 2.27. The molecule has 19 heavy (non-hydrogen) atoms. The van der Waals surface area contributed by atoms with E-state index in [1.165, 1.54) is 12.3 Å². The van der Waals surface area contributed by atoms with Crippen molar-refractivity contribution in [3.63, 3.8) is 0 Å². The molecule has 6 heteroatoms. The Morgan fingerprint density at radius 2 is 2.11 bits per heavy atom. The number of hydrogen-bond donors (Lipinski definition) is 3. The fourth-order valence-corrected chi connectivity index (χ4v) is 2.51. The van der Waals surface area contributed by atoms with Gasteiger partial charge in [0.2, 0.25) is 0 Å². The number of aliphatic hydroxyl groups excluding tert-OH is 1. The second-order valence-electron chi connectivity index (χ2n) is 4.92. The largest absolute Gasteiger partial charge is 0.478 e. The Morgan fingerprint density at radius 1 is 1.42 bits per heavy atom. The summed E-state index contributed by atoms with van der Waals surface area (Å²) in [7, 11) is 0. The molecule has 0 radical (unpaired) electrons. The summed E-state index contributed by atoms with van der Waals surface area (Å²) < 4.78 is 0. The Hall–Kier alpha value is -1.33. The van der Waals surface area contributed by atoms with Gasteiger partial charge in [-0.2, -0.15) is 0 Å². The van der Waals surface area contributed by atoms with Crippen LogP contribution in [0.15, 0.2) is 12.3 Å². The third-order valence-electron chi connectivity index (χ3n) is 3.46. The predicted octanol–water partition coefficient (Wildman–Crippen LogP) is 2.40. The highest BCUT2D eigenvalue weighted by Crippen LogP contribution is 2.26. The number of nitrogens with one attached hydrogen (secondary N) is 1. The van der Waals surface area contributed by atoms with Gasteiger partial charge in [-0.3, -0.25) is 0 Å². The molecule has 1 aromatic heterocycles. The molecule has 104 valence electrons. The first-order valence-electron chi connectivity index (χ1n) is 6.37. The van der Waals surface area contributed by atoms with Crippen LogP contribution in [0.2, 0.25) is 5.02 Å². The molecular weight excluding hydrogens is 268 g/mol. The smallest absolute Gasteiger partial charge is 0.337 e. The summed E-state index contributed by atoms with van der Waals surface area (Å²) in [4.78, 5) is 14.8. The maximum Gasteiger partial charge on any atom is 0.337 e. The number of aromatic nitrogens is 1. The summed E-state index contributed by atoms with van der Waals surface area (Å²) in [5.41, 5.74) is 0.0799. The molecule has 1 saturated carbocycles. The summed E-state index contributed by atoms with van der Waals surface area (Å²) >= 11 is 5.99. The first-order valence-corrected chi connectivity index (χ1v) is 6.75. The number of carbonyl (C=O) groups is 1. The van der Waals surface area contributed by atoms with Crippen LogP contribution in [0.1, 0.15) is 36.0 Å². The minimum atomic E-state index is -1.04. The predicted molar refractivity (Wildman–Crippen MR) is 72.7 cm³/mol. The Bertz CT molecular complexity index is 459. The van der Waals surface area contributed by atoms with Crippen LogP contribution < -0.4 is 5.32 Å². The average Bonchev–Trinajstić information content (AvgIpc) is 2.39. The van der Waals surface area contributed by atoms with Gasteiger partial charge in [0.25, 0.3) is 0 Å². The lowest BCUT2D eigenvalue weighted by Gasteiger charge is -2.25. The molecule has 0 bridgehead atoms. The number of pyridine rings is 1. The van der Waals surface area contributed by atoms with E-state index in [9.17, 15) is 9.90 Å². The maximum absolute atomic E-state index is 10.8. The minimum absolute atomic E-state index is 0.0799. The summed E-state index contributed by atoms with van der Waals surface area (Å²) in [6.07, 6.45) is 4.78. The van der Waals surface area contributed by atoms with E-state index in [4.69, 9.17) is 16.7 Å². The number of aliphatic hydroxyl groups is 1. The molecule has 0 spiro atoms. The number of hydrogen-bond acceptors (Lipinski definition) is 4. The van der Waals surface area contributed by atoms with Crippen molar-refractivity contribution in [2.45, 2.75) is 31.8 Å². The molecule has 0 aliphatic heterocycles. The Morgan fingerprint density at radius 3 is 2.68 bits per heavy atom. The van der Waals surface area contributed by atoms with Crippen molar-refractivity contribution >= 4 is 23.4 Å². The maximum atomic E-state index is 10.8. The molecule has 0 atom stereocenters. The van der Waals surface area contributed by atoms with Crippen molar-refractivity contribution in [1.29, 1.82) is 0 Å². The van der Waals surface area contributed by atoms with Crippen LogP contribution in [0.5, 0.6) is 0 Å². The van der Waals surface area contributed by atoms with E-state index in [-0.39, 0.29) is 11.7 Å². The van der Waals surface area contributed by atoms with E-state index in [0.717, 1.165) is 32.2 Å². The van der Waals surface area contributed by atoms with E-state index in [1.54, 1.807) is 0 Å². The van der Waals surface area contributed by atoms with Gasteiger partial charge >= 0.3 is 5.97 Å². The number of carboxylic acid groups (broad SMARTS) is 1. The average molecular weight is 285 g/mol. The van der Waals surface area contributed by atoms with Gasteiger partial charge in [-0.05, 0) is 37.7 Å². The second kappa shape index (κ2) is 6.21. The number of carboxylic acids is 1. The molecule has 0 amide bonds. The summed E-state index contributed by atoms with van der Waals surface area (Å²) in [6.45, 7) is 0.742. The van der Waals surface area contributed by atoms with Crippen molar-refractivity contribution < 1.29 is 15.0 Å². The standard InChI is InChI=1S/C13H17ClN2O3/c14-11-5-9(13(18)19)7-16-12(11)15-6-8-1-3-10(17)4-2-8/h5,7-8,10,17H,1-4,6H2,(H,15,16)(H,18,19). The molecule has 0 aromatic carbocycles. The molecule has 3 N–H and O–H groups in total. The van der Waals surface area contributed by atoms with Crippen LogP contribution in [0.4, 0.5) is 5.82 Å². The zero-order chi connectivity index (χ0) is 13.8. The molecule has 1 fully saturated rings. The Kier molecular flexibility index (Phi) is 4.61. The molecule has 1 aliphatic carbocycles. The number of aromatic carboxylic acids is 1. The molecular formula is C13H17ClN2O3. The van der Waals surface area contributed by atoms with Crippen LogP contribution in [0.3, 0.4) is 0 Å². The first kappa shape index (κ1) is 14.1. The van der Waals surface area contributed by atoms with Crippen molar-refractivity contribution in [3.05, 3.63) is 22.8 Å². The van der Waals surface area contributed by atoms with Crippen LogP contribution in [0, 0.1) is 5.92 Å². The van der Waals surface area contributed by atoms with Gasteiger partial charge in [0.1, 0.15) is 5.82 Å². The molecule has 1 aliphatic rings. The topological polar surface area (TPSA) is 82.5 Å². The van der Waals surface area contributed by atoms with Gasteiger partial charge in [0.05, 0.1) is 16.7 Å². The van der Waals surface area contributed by atoms with Gasteiger partial charge < -0.3 is 15.5 Å². The quantitative estimate of drug-likeness (QED) is 0.791. The van der Waals surface area contributed by atoms with Crippen molar-refractivity contribution in [1.82, 2.24) is 4.98 Å². The third kappa shape index (κ3) is 3.81. The van der Waals surface area contributed by atoms with E-state index < -0.39 is 5.97 Å². The van der Waals surface area contributed by atoms with E-state index in [0.29, 0.717) is 16.8 Å². The number of nitrogens with zero attached hydrogens (tertiary/aromatic N) is 1. The number of rotatable bonds is 4. The number of halogens is 1. The van der Waals surface area contributed by atoms with E-state index in [1.807, 2.05) is 0 Å². The zero-order valence-corrected chi connectivity index (χ0v) is 11.2. The summed E-state index contributed by atoms with van der Waals surface area (Å²) in [5.74, 6) is -0.0274. The molecule has 0 unspecified atom stereocenters. The molecule has 2 rings (SSSR count). The van der Waals surface area contributed by atoms with Gasteiger partial charge in [0.15, 0.2) is 0 Å². The van der Waals surface area contributed by atoms with Crippen molar-refractivity contribution in [2.75, 3.05) is 11.9 Å². The highest BCUT2D eigenvalue weighted by atomic mass is 35.5. The summed E-state index contributed by atoms with van der Waals surface area (Å²) in [5, 5.41) is 21.7. The minimum Gasteiger partial charge on any atom is -0.478 e. The highest BCUT2D eigenvalue weighted by molar-refractivity contribution is 6.33. The zero-order valence-electron chi connectivity index (χ0n) is 10.5. The van der Waals surface area contributed by atoms with Gasteiger partial charge in [0, 0.05) is 12.7 Å². The Balaban J connectivity index is 1.91. The van der Waals surface area contributed by atoms with Gasteiger partial charge in [-0.15, -0.1) is 0 Å². The van der Waals surface area contributed by atoms with Crippen LogP contribution >= 0.6 is 11.6 Å². The Labute approximate surface area is 116 Å². The summed E-state index contributed by atoms with van der Waals surface area (Å²) in [6, 6.07) is 1.39. The van der Waals surface area contributed by atoms with Crippen LogP contribution in [-0.2, 0) is 0 Å².